The van der Waals surface area contributed by atoms with Gasteiger partial charge in [0.2, 0.25) is 0 Å². The Morgan fingerprint density at radius 1 is 0.762 bits per heavy atom. The first-order valence-electron chi connectivity index (χ1n) is 14.5. The summed E-state index contributed by atoms with van der Waals surface area (Å²) in [5.74, 6) is 0.874. The number of anilines is 3. The smallest absolute Gasteiger partial charge is 0.160 e. The molecule has 2 aromatic heterocycles. The van der Waals surface area contributed by atoms with Crippen LogP contribution in [0.1, 0.15) is 31.9 Å². The van der Waals surface area contributed by atoms with Gasteiger partial charge in [-0.15, -0.1) is 5.10 Å². The lowest BCUT2D eigenvalue weighted by molar-refractivity contribution is 0.654. The third-order valence-electron chi connectivity index (χ3n) is 8.50. The third kappa shape index (κ3) is 4.17. The number of benzene rings is 4. The maximum Gasteiger partial charge on any atom is 0.160 e. The van der Waals surface area contributed by atoms with Crippen LogP contribution < -0.4 is 4.90 Å². The molecule has 6 aromatic rings. The molecule has 2 heterocycles. The van der Waals surface area contributed by atoms with E-state index in [1.165, 1.54) is 38.8 Å². The van der Waals surface area contributed by atoms with E-state index in [0.29, 0.717) is 0 Å². The minimum absolute atomic E-state index is 0.152. The molecule has 0 saturated heterocycles. The number of rotatable bonds is 6. The van der Waals surface area contributed by atoms with Crippen LogP contribution in [0.25, 0.3) is 33.0 Å². The number of fused-ring (bicyclic) bond motifs is 3. The van der Waals surface area contributed by atoms with Gasteiger partial charge >= 0.3 is 0 Å². The van der Waals surface area contributed by atoms with Crippen LogP contribution in [0.5, 0.6) is 0 Å². The summed E-state index contributed by atoms with van der Waals surface area (Å²) in [7, 11) is 0. The highest BCUT2D eigenvalue weighted by Gasteiger charge is 2.36. The van der Waals surface area contributed by atoms with Crippen LogP contribution in [0.15, 0.2) is 146 Å². The van der Waals surface area contributed by atoms with Crippen molar-refractivity contribution in [2.24, 2.45) is 0 Å². The minimum Gasteiger partial charge on any atom is -0.294 e. The molecule has 0 saturated carbocycles. The molecule has 0 fully saturated rings. The normalized spacial score (nSPS) is 14.2. The summed E-state index contributed by atoms with van der Waals surface area (Å²) in [5, 5.41) is 7.47. The largest absolute Gasteiger partial charge is 0.294 e. The molecule has 0 amide bonds. The van der Waals surface area contributed by atoms with Gasteiger partial charge in [0.05, 0.1) is 5.52 Å². The Hall–Kier alpha value is -5.15. The third-order valence-corrected chi connectivity index (χ3v) is 8.50. The van der Waals surface area contributed by atoms with Gasteiger partial charge < -0.3 is 0 Å². The summed E-state index contributed by atoms with van der Waals surface area (Å²) in [6.07, 6.45) is 8.45. The van der Waals surface area contributed by atoms with Crippen LogP contribution in [-0.4, -0.2) is 9.61 Å². The summed E-state index contributed by atoms with van der Waals surface area (Å²) >= 11 is 0. The van der Waals surface area contributed by atoms with Crippen molar-refractivity contribution in [1.82, 2.24) is 9.61 Å². The van der Waals surface area contributed by atoms with Gasteiger partial charge in [0.1, 0.15) is 0 Å². The van der Waals surface area contributed by atoms with Gasteiger partial charge in [-0.2, -0.15) is 0 Å². The first kappa shape index (κ1) is 25.8. The number of pyridine rings is 1. The summed E-state index contributed by atoms with van der Waals surface area (Å²) < 4.78 is 1.99. The molecule has 3 nitrogen and oxygen atoms in total. The van der Waals surface area contributed by atoms with Gasteiger partial charge in [-0.25, -0.2) is 4.52 Å². The van der Waals surface area contributed by atoms with E-state index < -0.39 is 0 Å². The van der Waals surface area contributed by atoms with Gasteiger partial charge in [0.25, 0.3) is 0 Å². The monoisotopic (exact) mass is 543 g/mol. The number of allylic oxidation sites excluding steroid dienone is 5. The van der Waals surface area contributed by atoms with Crippen molar-refractivity contribution in [3.05, 3.63) is 157 Å². The van der Waals surface area contributed by atoms with E-state index in [4.69, 9.17) is 5.10 Å². The molecule has 42 heavy (non-hydrogen) atoms. The average molecular weight is 544 g/mol. The standard InChI is InChI=1S/C39H33N3/c1-5-12-36-34(6-2)35-22-21-32(24-37(35)39(36,3)4)42(31-19-17-28(18-20-31)27-13-8-7-9-14-27)38-25-33-23-29-15-10-11-16-30(29)26-41(33)40-38/h5-26H,2H2,1,3-4H3/b12-5-. The zero-order chi connectivity index (χ0) is 28.8. The van der Waals surface area contributed by atoms with E-state index in [9.17, 15) is 0 Å². The second kappa shape index (κ2) is 10.0. The van der Waals surface area contributed by atoms with Gasteiger partial charge in [0.15, 0.2) is 5.82 Å². The Kier molecular flexibility index (Phi) is 6.17. The molecule has 7 rings (SSSR count). The molecule has 1 aliphatic rings. The average Bonchev–Trinajstić information content (AvgIpc) is 3.51. The Labute approximate surface area is 247 Å². The summed E-state index contributed by atoms with van der Waals surface area (Å²) in [6.45, 7) is 10.8. The van der Waals surface area contributed by atoms with Gasteiger partial charge in [0, 0.05) is 34.4 Å². The Morgan fingerprint density at radius 3 is 2.19 bits per heavy atom. The summed E-state index contributed by atoms with van der Waals surface area (Å²) in [5.41, 5.74) is 10.5. The molecule has 3 heteroatoms. The molecule has 0 radical (unpaired) electrons. The Morgan fingerprint density at radius 2 is 1.45 bits per heavy atom. The predicted octanol–water partition coefficient (Wildman–Crippen LogP) is 10.4. The fraction of sp³-hybridized carbons (Fsp3) is 0.103. The summed E-state index contributed by atoms with van der Waals surface area (Å²) in [4.78, 5) is 2.27. The van der Waals surface area contributed by atoms with Crippen LogP contribution in [0, 0.1) is 0 Å². The summed E-state index contributed by atoms with van der Waals surface area (Å²) in [6, 6.07) is 38.9. The molecule has 1 aliphatic carbocycles. The van der Waals surface area contributed by atoms with E-state index in [0.717, 1.165) is 28.1 Å². The highest BCUT2D eigenvalue weighted by molar-refractivity contribution is 5.90. The van der Waals surface area contributed by atoms with E-state index >= 15 is 0 Å². The first-order valence-corrected chi connectivity index (χ1v) is 14.5. The lowest BCUT2D eigenvalue weighted by atomic mass is 9.81. The van der Waals surface area contributed by atoms with E-state index in [1.54, 1.807) is 0 Å². The lowest BCUT2D eigenvalue weighted by Gasteiger charge is -2.27. The van der Waals surface area contributed by atoms with Gasteiger partial charge in [-0.1, -0.05) is 111 Å². The van der Waals surface area contributed by atoms with Crippen molar-refractivity contribution < 1.29 is 0 Å². The van der Waals surface area contributed by atoms with E-state index in [-0.39, 0.29) is 5.41 Å². The molecule has 4 aromatic carbocycles. The lowest BCUT2D eigenvalue weighted by Crippen LogP contribution is -2.17. The number of hydrogen-bond donors (Lipinski definition) is 0. The number of aromatic nitrogens is 2. The van der Waals surface area contributed by atoms with Crippen LogP contribution in [0.4, 0.5) is 17.2 Å². The molecule has 0 aliphatic heterocycles. The predicted molar refractivity (Wildman–Crippen MR) is 178 cm³/mol. The molecule has 0 unspecified atom stereocenters. The van der Waals surface area contributed by atoms with Gasteiger partial charge in [-0.05, 0) is 76.0 Å². The van der Waals surface area contributed by atoms with Crippen molar-refractivity contribution in [3.63, 3.8) is 0 Å². The fourth-order valence-electron chi connectivity index (χ4n) is 6.35. The quantitative estimate of drug-likeness (QED) is 0.208. The molecule has 0 spiro atoms. The Bertz CT molecular complexity index is 1970. The second-order valence-electron chi connectivity index (χ2n) is 11.4. The van der Waals surface area contributed by atoms with Crippen LogP contribution in [0.2, 0.25) is 0 Å². The highest BCUT2D eigenvalue weighted by Crippen LogP contribution is 2.49. The molecular weight excluding hydrogens is 510 g/mol. The maximum absolute atomic E-state index is 5.11. The molecule has 0 N–H and O–H groups in total. The van der Waals surface area contributed by atoms with Crippen molar-refractivity contribution in [3.8, 4) is 11.1 Å². The second-order valence-corrected chi connectivity index (χ2v) is 11.4. The van der Waals surface area contributed by atoms with Crippen LogP contribution >= 0.6 is 0 Å². The molecular formula is C39H33N3. The van der Waals surface area contributed by atoms with Crippen molar-refractivity contribution in [2.75, 3.05) is 4.90 Å². The zero-order valence-corrected chi connectivity index (χ0v) is 24.3. The van der Waals surface area contributed by atoms with Crippen LogP contribution in [0.3, 0.4) is 0 Å². The topological polar surface area (TPSA) is 20.5 Å². The fourth-order valence-corrected chi connectivity index (χ4v) is 6.35. The molecule has 204 valence electrons. The van der Waals surface area contributed by atoms with E-state index in [1.807, 2.05) is 10.6 Å². The van der Waals surface area contributed by atoms with Crippen LogP contribution in [-0.2, 0) is 5.41 Å². The van der Waals surface area contributed by atoms with Crippen molar-refractivity contribution in [2.45, 2.75) is 26.2 Å². The SMILES string of the molecule is C=CC1=C(/C=C\C)C(C)(C)c2cc(N(c3ccc(-c4ccccc4)cc3)c3cc4cc5ccccc5cn4n3)ccc21. The zero-order valence-electron chi connectivity index (χ0n) is 24.3. The maximum atomic E-state index is 5.11. The number of nitrogens with zero attached hydrogens (tertiary/aromatic N) is 3. The first-order chi connectivity index (χ1) is 20.5. The highest BCUT2D eigenvalue weighted by atomic mass is 15.3. The van der Waals surface area contributed by atoms with Crippen molar-refractivity contribution >= 4 is 39.1 Å². The van der Waals surface area contributed by atoms with Crippen molar-refractivity contribution in [1.29, 1.82) is 0 Å². The Balaban J connectivity index is 1.40. The minimum atomic E-state index is -0.152. The molecule has 0 atom stereocenters. The number of hydrogen-bond acceptors (Lipinski definition) is 2. The molecule has 0 bridgehead atoms. The van der Waals surface area contributed by atoms with E-state index in [2.05, 4.69) is 160 Å². The van der Waals surface area contributed by atoms with Gasteiger partial charge in [-0.3, -0.25) is 4.90 Å².